The molecule has 1 N–H and O–H groups in total. The molecule has 184 valence electrons. The molecule has 2 aromatic carbocycles. The summed E-state index contributed by atoms with van der Waals surface area (Å²) in [6.45, 7) is 0. The first-order valence-corrected chi connectivity index (χ1v) is 12.9. The number of aliphatic carboxylic acids is 1. The van der Waals surface area contributed by atoms with Gasteiger partial charge in [0.05, 0.1) is 10.4 Å². The molecule has 0 aliphatic heterocycles. The van der Waals surface area contributed by atoms with Gasteiger partial charge in [0.15, 0.2) is 0 Å². The van der Waals surface area contributed by atoms with Gasteiger partial charge in [0.1, 0.15) is 5.69 Å². The zero-order valence-corrected chi connectivity index (χ0v) is 20.3. The number of ketones is 1. The van der Waals surface area contributed by atoms with Gasteiger partial charge in [0.25, 0.3) is 10.0 Å². The maximum Gasteiger partial charge on any atom is 0.303 e. The lowest BCUT2D eigenvalue weighted by Gasteiger charge is -2.10. The van der Waals surface area contributed by atoms with Gasteiger partial charge >= 0.3 is 5.97 Å². The molecule has 0 amide bonds. The quantitative estimate of drug-likeness (QED) is 0.303. The first kappa shape index (κ1) is 24.1. The average Bonchev–Trinajstić information content (AvgIpc) is 3.31. The third kappa shape index (κ3) is 4.76. The second kappa shape index (κ2) is 9.79. The van der Waals surface area contributed by atoms with Crippen LogP contribution in [0.3, 0.4) is 0 Å². The molecule has 0 bridgehead atoms. The molecule has 0 spiro atoms. The number of carbonyl (C=O) groups is 2. The number of hydrogen-bond donors (Lipinski definition) is 1. The minimum absolute atomic E-state index is 0.0627. The van der Waals surface area contributed by atoms with Crippen molar-refractivity contribution >= 4 is 32.7 Å². The van der Waals surface area contributed by atoms with Crippen LogP contribution in [-0.2, 0) is 21.2 Å². The fourth-order valence-corrected chi connectivity index (χ4v) is 5.61. The van der Waals surface area contributed by atoms with Crippen molar-refractivity contribution in [3.05, 3.63) is 114 Å². The number of carboxylic acids is 1. The Balaban J connectivity index is 1.61. The van der Waals surface area contributed by atoms with Crippen LogP contribution in [0.1, 0.15) is 28.0 Å². The third-order valence-corrected chi connectivity index (χ3v) is 7.68. The van der Waals surface area contributed by atoms with Crippen molar-refractivity contribution in [3.8, 4) is 11.1 Å². The number of benzene rings is 2. The fraction of sp³-hybridized carbons (Fsp3) is 0.0714. The van der Waals surface area contributed by atoms with Gasteiger partial charge in [-0.2, -0.15) is 0 Å². The number of nitrogens with zero attached hydrogens (tertiary/aromatic N) is 3. The Hall–Kier alpha value is -4.63. The van der Waals surface area contributed by atoms with Crippen molar-refractivity contribution in [2.75, 3.05) is 0 Å². The summed E-state index contributed by atoms with van der Waals surface area (Å²) in [4.78, 5) is 32.3. The lowest BCUT2D eigenvalue weighted by molar-refractivity contribution is -0.136. The van der Waals surface area contributed by atoms with Gasteiger partial charge in [-0.3, -0.25) is 19.6 Å². The Morgan fingerprint density at radius 1 is 0.892 bits per heavy atom. The van der Waals surface area contributed by atoms with Crippen LogP contribution in [0.2, 0.25) is 0 Å². The first-order chi connectivity index (χ1) is 17.8. The molecule has 0 atom stereocenters. The van der Waals surface area contributed by atoms with Gasteiger partial charge in [0.2, 0.25) is 5.78 Å². The Morgan fingerprint density at radius 2 is 1.76 bits per heavy atom. The number of hydrogen-bond acceptors (Lipinski definition) is 6. The lowest BCUT2D eigenvalue weighted by Crippen LogP contribution is -2.13. The second-order valence-corrected chi connectivity index (χ2v) is 10.2. The topological polar surface area (TPSA) is 119 Å². The van der Waals surface area contributed by atoms with Crippen LogP contribution in [0.4, 0.5) is 0 Å². The van der Waals surface area contributed by atoms with Crippen LogP contribution in [0.15, 0.2) is 102 Å². The molecule has 8 nitrogen and oxygen atoms in total. The Labute approximate surface area is 212 Å². The fourth-order valence-electron chi connectivity index (χ4n) is 4.18. The summed E-state index contributed by atoms with van der Waals surface area (Å²) in [6.07, 6.45) is 6.33. The highest BCUT2D eigenvalue weighted by atomic mass is 32.2. The first-order valence-electron chi connectivity index (χ1n) is 11.4. The molecule has 5 rings (SSSR count). The number of pyridine rings is 2. The molecule has 5 aromatic rings. The molecule has 3 heterocycles. The second-order valence-electron chi connectivity index (χ2n) is 8.39. The predicted octanol–water partition coefficient (Wildman–Crippen LogP) is 4.58. The summed E-state index contributed by atoms with van der Waals surface area (Å²) < 4.78 is 28.7. The highest BCUT2D eigenvalue weighted by molar-refractivity contribution is 7.90. The van der Waals surface area contributed by atoms with E-state index in [1.165, 1.54) is 30.6 Å². The third-order valence-electron chi connectivity index (χ3n) is 6.01. The van der Waals surface area contributed by atoms with Crippen LogP contribution < -0.4 is 0 Å². The van der Waals surface area contributed by atoms with E-state index in [1.54, 1.807) is 54.9 Å². The van der Waals surface area contributed by atoms with Crippen molar-refractivity contribution < 1.29 is 23.1 Å². The smallest absolute Gasteiger partial charge is 0.303 e. The summed E-state index contributed by atoms with van der Waals surface area (Å²) >= 11 is 0. The van der Waals surface area contributed by atoms with Crippen LogP contribution >= 0.6 is 0 Å². The van der Waals surface area contributed by atoms with Crippen LogP contribution in [0.5, 0.6) is 0 Å². The van der Waals surface area contributed by atoms with Crippen molar-refractivity contribution in [1.82, 2.24) is 13.9 Å². The van der Waals surface area contributed by atoms with E-state index in [-0.39, 0.29) is 29.0 Å². The normalized spacial score (nSPS) is 11.5. The molecule has 0 unspecified atom stereocenters. The van der Waals surface area contributed by atoms with Crippen molar-refractivity contribution in [1.29, 1.82) is 0 Å². The number of aryl methyl sites for hydroxylation is 1. The zero-order chi connectivity index (χ0) is 26.0. The molecule has 0 aliphatic carbocycles. The number of carbonyl (C=O) groups excluding carboxylic acids is 1. The average molecular weight is 512 g/mol. The zero-order valence-electron chi connectivity index (χ0n) is 19.5. The molecule has 37 heavy (non-hydrogen) atoms. The molecular formula is C28H21N3O5S. The molecule has 0 radical (unpaired) electrons. The highest BCUT2D eigenvalue weighted by Gasteiger charge is 2.23. The summed E-state index contributed by atoms with van der Waals surface area (Å²) in [5.41, 5.74) is 3.09. The number of fused-ring (bicyclic) bond motifs is 1. The van der Waals surface area contributed by atoms with Gasteiger partial charge in [0, 0.05) is 47.7 Å². The van der Waals surface area contributed by atoms with E-state index in [1.807, 2.05) is 12.1 Å². The van der Waals surface area contributed by atoms with Crippen LogP contribution in [-0.4, -0.2) is 39.2 Å². The van der Waals surface area contributed by atoms with E-state index in [4.69, 9.17) is 0 Å². The van der Waals surface area contributed by atoms with Gasteiger partial charge in [-0.15, -0.1) is 0 Å². The molecule has 0 saturated carbocycles. The van der Waals surface area contributed by atoms with E-state index in [2.05, 4.69) is 9.97 Å². The van der Waals surface area contributed by atoms with Crippen molar-refractivity contribution in [2.45, 2.75) is 17.7 Å². The lowest BCUT2D eigenvalue weighted by atomic mass is 10.0. The van der Waals surface area contributed by atoms with Gasteiger partial charge in [-0.1, -0.05) is 30.3 Å². The maximum atomic E-state index is 13.8. The highest BCUT2D eigenvalue weighted by Crippen LogP contribution is 2.31. The van der Waals surface area contributed by atoms with Crippen LogP contribution in [0, 0.1) is 0 Å². The monoisotopic (exact) mass is 511 g/mol. The van der Waals surface area contributed by atoms with Gasteiger partial charge < -0.3 is 5.11 Å². The maximum absolute atomic E-state index is 13.8. The van der Waals surface area contributed by atoms with Crippen molar-refractivity contribution in [2.24, 2.45) is 0 Å². The van der Waals surface area contributed by atoms with E-state index in [0.29, 0.717) is 16.5 Å². The number of carboxylic acid groups (broad SMARTS) is 1. The Kier molecular flexibility index (Phi) is 6.37. The molecule has 0 fully saturated rings. The summed E-state index contributed by atoms with van der Waals surface area (Å²) in [5.74, 6) is -1.37. The minimum Gasteiger partial charge on any atom is -0.481 e. The SMILES string of the molecule is O=C(O)CCc1cn(S(=O)(=O)c2cccc(C(=O)c3ccccn3)c2)c2ccc(-c3cccnc3)cc12. The Bertz CT molecular complexity index is 1730. The van der Waals surface area contributed by atoms with Crippen LogP contribution in [0.25, 0.3) is 22.0 Å². The summed E-state index contributed by atoms with van der Waals surface area (Å²) in [7, 11) is -4.11. The number of aromatic nitrogens is 3. The van der Waals surface area contributed by atoms with Gasteiger partial charge in [-0.25, -0.2) is 12.4 Å². The standard InChI is InChI=1S/C28H21N3O5S/c32-27(33)12-10-22-18-31(26-11-9-19(16-24(22)26)21-6-4-13-29-17-21)37(35,36)23-7-3-5-20(15-23)28(34)25-8-1-2-14-30-25/h1-9,11,13-18H,10,12H2,(H,32,33). The van der Waals surface area contributed by atoms with E-state index in [9.17, 15) is 23.1 Å². The molecule has 0 aliphatic rings. The van der Waals surface area contributed by atoms with E-state index in [0.717, 1.165) is 15.1 Å². The van der Waals surface area contributed by atoms with Crippen molar-refractivity contribution in [3.63, 3.8) is 0 Å². The van der Waals surface area contributed by atoms with E-state index >= 15 is 0 Å². The van der Waals surface area contributed by atoms with E-state index < -0.39 is 21.8 Å². The largest absolute Gasteiger partial charge is 0.481 e. The predicted molar refractivity (Wildman–Crippen MR) is 138 cm³/mol. The van der Waals surface area contributed by atoms with Gasteiger partial charge in [-0.05, 0) is 60.0 Å². The summed E-state index contributed by atoms with van der Waals surface area (Å²) in [6, 6.07) is 19.8. The molecule has 3 aromatic heterocycles. The Morgan fingerprint density at radius 3 is 2.49 bits per heavy atom. The minimum atomic E-state index is -4.11. The molecule has 9 heteroatoms. The number of rotatable bonds is 8. The molecular weight excluding hydrogens is 490 g/mol. The summed E-state index contributed by atoms with van der Waals surface area (Å²) in [5, 5.41) is 9.86. The molecule has 0 saturated heterocycles.